The highest BCUT2D eigenvalue weighted by atomic mass is 35.5. The molecule has 0 fully saturated rings. The SMILES string of the molecule is O=[N+]([O-])c1ccc(NCCNc2ncc(-c3ncc[nH]3)c(-c3ccc(F)cc3Cl)n2)nc1. The molecule has 0 spiro atoms. The zero-order valence-electron chi connectivity index (χ0n) is 16.4. The smallest absolute Gasteiger partial charge is 0.287 e. The van der Waals surface area contributed by atoms with Crippen molar-refractivity contribution in [1.82, 2.24) is 24.9 Å². The van der Waals surface area contributed by atoms with Gasteiger partial charge in [0.1, 0.15) is 23.7 Å². The first-order valence-electron chi connectivity index (χ1n) is 9.41. The first-order chi connectivity index (χ1) is 15.5. The van der Waals surface area contributed by atoms with E-state index in [4.69, 9.17) is 11.6 Å². The highest BCUT2D eigenvalue weighted by Crippen LogP contribution is 2.33. The van der Waals surface area contributed by atoms with Gasteiger partial charge in [-0.1, -0.05) is 11.6 Å². The molecule has 0 saturated heterocycles. The van der Waals surface area contributed by atoms with Crippen molar-refractivity contribution in [3.05, 3.63) is 76.1 Å². The molecule has 0 aliphatic heterocycles. The van der Waals surface area contributed by atoms with E-state index in [1.54, 1.807) is 24.7 Å². The predicted octanol–water partition coefficient (Wildman–Crippen LogP) is 4.15. The van der Waals surface area contributed by atoms with Gasteiger partial charge in [0.25, 0.3) is 5.69 Å². The second-order valence-corrected chi connectivity index (χ2v) is 6.94. The second-order valence-electron chi connectivity index (χ2n) is 6.53. The van der Waals surface area contributed by atoms with Gasteiger partial charge in [0.05, 0.1) is 21.2 Å². The van der Waals surface area contributed by atoms with Gasteiger partial charge in [0, 0.05) is 43.3 Å². The van der Waals surface area contributed by atoms with Crippen molar-refractivity contribution >= 4 is 29.1 Å². The van der Waals surface area contributed by atoms with Crippen LogP contribution in [0.2, 0.25) is 5.02 Å². The van der Waals surface area contributed by atoms with Crippen LogP contribution >= 0.6 is 11.6 Å². The van der Waals surface area contributed by atoms with Crippen molar-refractivity contribution in [2.75, 3.05) is 23.7 Å². The molecule has 32 heavy (non-hydrogen) atoms. The highest BCUT2D eigenvalue weighted by Gasteiger charge is 2.16. The summed E-state index contributed by atoms with van der Waals surface area (Å²) in [7, 11) is 0. The second kappa shape index (κ2) is 9.35. The zero-order valence-corrected chi connectivity index (χ0v) is 17.2. The van der Waals surface area contributed by atoms with E-state index in [1.165, 1.54) is 30.5 Å². The van der Waals surface area contributed by atoms with Crippen LogP contribution in [-0.2, 0) is 0 Å². The Balaban J connectivity index is 1.49. The van der Waals surface area contributed by atoms with Crippen molar-refractivity contribution in [3.63, 3.8) is 0 Å². The number of nitro groups is 1. The molecule has 3 N–H and O–H groups in total. The molecule has 0 aliphatic carbocycles. The van der Waals surface area contributed by atoms with E-state index < -0.39 is 10.7 Å². The number of nitrogens with zero attached hydrogens (tertiary/aromatic N) is 5. The summed E-state index contributed by atoms with van der Waals surface area (Å²) in [4.78, 5) is 30.3. The molecule has 0 radical (unpaired) electrons. The first-order valence-corrected chi connectivity index (χ1v) is 9.79. The van der Waals surface area contributed by atoms with Crippen LogP contribution in [0.15, 0.2) is 55.1 Å². The standard InChI is InChI=1S/C20H16ClFN8O2/c21-16-9-12(22)1-3-14(16)18-15(19-24-6-7-25-19)11-28-20(29-18)26-8-5-23-17-4-2-13(10-27-17)30(31)32/h1-4,6-7,9-11H,5,8H2,(H,23,27)(H,24,25)(H,26,28,29). The van der Waals surface area contributed by atoms with E-state index in [9.17, 15) is 14.5 Å². The lowest BCUT2D eigenvalue weighted by Gasteiger charge is -2.12. The Labute approximate surface area is 186 Å². The Bertz CT molecular complexity index is 1240. The topological polar surface area (TPSA) is 135 Å². The van der Waals surface area contributed by atoms with Gasteiger partial charge in [-0.15, -0.1) is 0 Å². The maximum atomic E-state index is 13.5. The number of aromatic nitrogens is 5. The normalized spacial score (nSPS) is 10.7. The number of benzene rings is 1. The van der Waals surface area contributed by atoms with Crippen molar-refractivity contribution in [2.45, 2.75) is 0 Å². The Morgan fingerprint density at radius 2 is 1.91 bits per heavy atom. The Kier molecular flexibility index (Phi) is 6.17. The summed E-state index contributed by atoms with van der Waals surface area (Å²) in [6, 6.07) is 6.99. The molecule has 1 aromatic carbocycles. The lowest BCUT2D eigenvalue weighted by Crippen LogP contribution is -2.16. The Hall–Kier alpha value is -4.12. The lowest BCUT2D eigenvalue weighted by atomic mass is 10.1. The summed E-state index contributed by atoms with van der Waals surface area (Å²) in [6.45, 7) is 0.899. The maximum Gasteiger partial charge on any atom is 0.287 e. The van der Waals surface area contributed by atoms with E-state index >= 15 is 0 Å². The van der Waals surface area contributed by atoms with E-state index in [1.807, 2.05) is 0 Å². The summed E-state index contributed by atoms with van der Waals surface area (Å²) < 4.78 is 13.5. The molecule has 4 rings (SSSR count). The van der Waals surface area contributed by atoms with Crippen LogP contribution < -0.4 is 10.6 Å². The molecule has 0 atom stereocenters. The summed E-state index contributed by atoms with van der Waals surface area (Å²) in [6.07, 6.45) is 6.07. The third kappa shape index (κ3) is 4.78. The van der Waals surface area contributed by atoms with Gasteiger partial charge in [0.15, 0.2) is 0 Å². The fourth-order valence-corrected chi connectivity index (χ4v) is 3.16. The maximum absolute atomic E-state index is 13.5. The van der Waals surface area contributed by atoms with Gasteiger partial charge in [-0.2, -0.15) is 0 Å². The highest BCUT2D eigenvalue weighted by molar-refractivity contribution is 6.33. The fourth-order valence-electron chi connectivity index (χ4n) is 2.90. The number of hydrogen-bond acceptors (Lipinski definition) is 8. The molecule has 12 heteroatoms. The number of nitrogens with one attached hydrogen (secondary N) is 3. The molecule has 4 aromatic rings. The molecule has 0 amide bonds. The predicted molar refractivity (Wildman–Crippen MR) is 118 cm³/mol. The quantitative estimate of drug-likeness (QED) is 0.205. The van der Waals surface area contributed by atoms with Crippen LogP contribution in [0, 0.1) is 15.9 Å². The first kappa shape index (κ1) is 21.1. The van der Waals surface area contributed by atoms with Gasteiger partial charge in [-0.25, -0.2) is 24.3 Å². The van der Waals surface area contributed by atoms with E-state index in [0.29, 0.717) is 47.5 Å². The molecule has 3 aromatic heterocycles. The summed E-state index contributed by atoms with van der Waals surface area (Å²) in [5.41, 5.74) is 1.57. The van der Waals surface area contributed by atoms with Gasteiger partial charge in [0.2, 0.25) is 5.95 Å². The van der Waals surface area contributed by atoms with E-state index in [2.05, 4.69) is 35.6 Å². The van der Waals surface area contributed by atoms with Gasteiger partial charge < -0.3 is 15.6 Å². The monoisotopic (exact) mass is 454 g/mol. The minimum absolute atomic E-state index is 0.0781. The molecule has 162 valence electrons. The summed E-state index contributed by atoms with van der Waals surface area (Å²) in [5.74, 6) is 0.953. The number of rotatable bonds is 8. The number of anilines is 2. The number of pyridine rings is 1. The van der Waals surface area contributed by atoms with Crippen molar-refractivity contribution < 1.29 is 9.31 Å². The van der Waals surface area contributed by atoms with E-state index in [-0.39, 0.29) is 10.7 Å². The van der Waals surface area contributed by atoms with Crippen LogP contribution in [-0.4, -0.2) is 42.9 Å². The molecule has 10 nitrogen and oxygen atoms in total. The number of aromatic amines is 1. The van der Waals surface area contributed by atoms with Gasteiger partial charge in [-0.05, 0) is 24.3 Å². The average Bonchev–Trinajstić information content (AvgIpc) is 3.32. The van der Waals surface area contributed by atoms with Crippen molar-refractivity contribution in [1.29, 1.82) is 0 Å². The Morgan fingerprint density at radius 1 is 1.06 bits per heavy atom. The molecule has 3 heterocycles. The minimum Gasteiger partial charge on any atom is -0.368 e. The fraction of sp³-hybridized carbons (Fsp3) is 0.100. The molecule has 0 bridgehead atoms. The van der Waals surface area contributed by atoms with Crippen molar-refractivity contribution in [3.8, 4) is 22.6 Å². The minimum atomic E-state index is -0.507. The average molecular weight is 455 g/mol. The number of halogens is 2. The zero-order chi connectivity index (χ0) is 22.5. The van der Waals surface area contributed by atoms with Gasteiger partial charge in [-0.3, -0.25) is 10.1 Å². The third-order valence-corrected chi connectivity index (χ3v) is 4.71. The van der Waals surface area contributed by atoms with Crippen LogP contribution in [0.3, 0.4) is 0 Å². The van der Waals surface area contributed by atoms with Crippen LogP contribution in [0.1, 0.15) is 0 Å². The molecule has 0 saturated carbocycles. The third-order valence-electron chi connectivity index (χ3n) is 4.40. The largest absolute Gasteiger partial charge is 0.368 e. The summed E-state index contributed by atoms with van der Waals surface area (Å²) >= 11 is 6.26. The van der Waals surface area contributed by atoms with Crippen molar-refractivity contribution in [2.24, 2.45) is 0 Å². The summed E-state index contributed by atoms with van der Waals surface area (Å²) in [5, 5.41) is 17.0. The van der Waals surface area contributed by atoms with Crippen LogP contribution in [0.5, 0.6) is 0 Å². The Morgan fingerprint density at radius 3 is 2.59 bits per heavy atom. The molecular formula is C20H16ClFN8O2. The molecule has 0 unspecified atom stereocenters. The number of hydrogen-bond donors (Lipinski definition) is 3. The number of H-pyrrole nitrogens is 1. The van der Waals surface area contributed by atoms with Gasteiger partial charge >= 0.3 is 0 Å². The molecular weight excluding hydrogens is 439 g/mol. The number of imidazole rings is 1. The lowest BCUT2D eigenvalue weighted by molar-refractivity contribution is -0.385. The van der Waals surface area contributed by atoms with E-state index in [0.717, 1.165) is 0 Å². The van der Waals surface area contributed by atoms with Crippen LogP contribution in [0.4, 0.5) is 21.8 Å². The van der Waals surface area contributed by atoms with Crippen LogP contribution in [0.25, 0.3) is 22.6 Å². The molecule has 0 aliphatic rings.